The number of rotatable bonds is 4. The van der Waals surface area contributed by atoms with Gasteiger partial charge in [-0.15, -0.1) is 0 Å². The number of aliphatic hydroxyl groups is 1. The minimum atomic E-state index is -4.49. The zero-order chi connectivity index (χ0) is 19.5. The highest BCUT2D eigenvalue weighted by Crippen LogP contribution is 2.35. The molecule has 144 valence electrons. The molecule has 0 aliphatic carbocycles. The molecule has 1 aromatic carbocycles. The average molecular weight is 374 g/mol. The van der Waals surface area contributed by atoms with Gasteiger partial charge in [-0.05, 0) is 18.1 Å². The minimum Gasteiger partial charge on any atom is -0.481 e. The van der Waals surface area contributed by atoms with Crippen molar-refractivity contribution in [3.63, 3.8) is 0 Å². The summed E-state index contributed by atoms with van der Waals surface area (Å²) in [6.45, 7) is -0.0458. The number of aliphatic hydroxyl groups excluding tert-OH is 1. The number of piperidine rings is 1. The van der Waals surface area contributed by atoms with Crippen LogP contribution >= 0.6 is 0 Å². The molecule has 6 nitrogen and oxygen atoms in total. The van der Waals surface area contributed by atoms with E-state index in [0.717, 1.165) is 12.1 Å². The van der Waals surface area contributed by atoms with Crippen LogP contribution in [0.5, 0.6) is 0 Å². The summed E-state index contributed by atoms with van der Waals surface area (Å²) in [6, 6.07) is 4.31. The number of carboxylic acid groups (broad SMARTS) is 1. The van der Waals surface area contributed by atoms with Crippen molar-refractivity contribution in [2.24, 2.45) is 5.92 Å². The summed E-state index contributed by atoms with van der Waals surface area (Å²) in [4.78, 5) is 26.5. The molecule has 0 spiro atoms. The van der Waals surface area contributed by atoms with Crippen molar-refractivity contribution in [1.82, 2.24) is 9.80 Å². The van der Waals surface area contributed by atoms with Crippen LogP contribution in [0.2, 0.25) is 0 Å². The van der Waals surface area contributed by atoms with E-state index in [9.17, 15) is 27.9 Å². The zero-order valence-corrected chi connectivity index (χ0v) is 14.2. The fraction of sp³-hybridized carbons (Fsp3) is 0.529. The van der Waals surface area contributed by atoms with Gasteiger partial charge in [0, 0.05) is 32.6 Å². The van der Waals surface area contributed by atoms with Crippen molar-refractivity contribution in [1.29, 1.82) is 0 Å². The van der Waals surface area contributed by atoms with E-state index in [-0.39, 0.29) is 32.7 Å². The third kappa shape index (κ3) is 4.66. The first kappa shape index (κ1) is 20.0. The number of amides is 2. The number of aliphatic carboxylic acids is 1. The van der Waals surface area contributed by atoms with E-state index in [1.165, 1.54) is 29.0 Å². The van der Waals surface area contributed by atoms with Gasteiger partial charge in [0.15, 0.2) is 0 Å². The Bertz CT molecular complexity index is 666. The van der Waals surface area contributed by atoms with Crippen LogP contribution in [-0.2, 0) is 11.0 Å². The minimum absolute atomic E-state index is 0.0145. The summed E-state index contributed by atoms with van der Waals surface area (Å²) in [6.07, 6.45) is -4.34. The number of carbonyl (C=O) groups excluding carboxylic acids is 1. The molecule has 0 radical (unpaired) electrons. The van der Waals surface area contributed by atoms with Crippen molar-refractivity contribution in [2.45, 2.75) is 18.5 Å². The number of hydrogen-bond acceptors (Lipinski definition) is 3. The molecule has 0 aromatic heterocycles. The maximum atomic E-state index is 12.9. The van der Waals surface area contributed by atoms with Crippen molar-refractivity contribution in [3.05, 3.63) is 35.4 Å². The lowest BCUT2D eigenvalue weighted by Gasteiger charge is -2.38. The Hall–Kier alpha value is -2.29. The van der Waals surface area contributed by atoms with Gasteiger partial charge in [-0.1, -0.05) is 18.2 Å². The number of nitrogens with zero attached hydrogens (tertiary/aromatic N) is 2. The predicted octanol–water partition coefficient (Wildman–Crippen LogP) is 2.24. The van der Waals surface area contributed by atoms with E-state index in [0.29, 0.717) is 5.56 Å². The molecule has 26 heavy (non-hydrogen) atoms. The van der Waals surface area contributed by atoms with Crippen LogP contribution in [0.1, 0.15) is 23.5 Å². The van der Waals surface area contributed by atoms with Crippen LogP contribution in [0.3, 0.4) is 0 Å². The summed E-state index contributed by atoms with van der Waals surface area (Å²) in [5.74, 6) is -2.47. The SMILES string of the molecule is CN(CCO)C(=O)N1CC(C(=O)O)CC(c2cccc(C(F)(F)F)c2)C1. The molecule has 1 aliphatic heterocycles. The molecule has 9 heteroatoms. The Kier molecular flexibility index (Phi) is 6.12. The van der Waals surface area contributed by atoms with Gasteiger partial charge in [-0.2, -0.15) is 13.2 Å². The molecule has 2 unspecified atom stereocenters. The van der Waals surface area contributed by atoms with E-state index in [1.807, 2.05) is 0 Å². The monoisotopic (exact) mass is 374 g/mol. The van der Waals surface area contributed by atoms with E-state index >= 15 is 0 Å². The first-order chi connectivity index (χ1) is 12.1. The van der Waals surface area contributed by atoms with Crippen LogP contribution in [0.4, 0.5) is 18.0 Å². The number of halogens is 3. The lowest BCUT2D eigenvalue weighted by Crippen LogP contribution is -2.50. The smallest absolute Gasteiger partial charge is 0.416 e. The lowest BCUT2D eigenvalue weighted by molar-refractivity contribution is -0.143. The van der Waals surface area contributed by atoms with Crippen LogP contribution in [0, 0.1) is 5.92 Å². The number of benzene rings is 1. The second-order valence-electron chi connectivity index (χ2n) is 6.42. The summed E-state index contributed by atoms with van der Waals surface area (Å²) < 4.78 is 38.8. The van der Waals surface area contributed by atoms with Gasteiger partial charge in [-0.3, -0.25) is 4.79 Å². The van der Waals surface area contributed by atoms with Crippen LogP contribution in [0.25, 0.3) is 0 Å². The van der Waals surface area contributed by atoms with Gasteiger partial charge in [0.1, 0.15) is 0 Å². The van der Waals surface area contributed by atoms with Crippen LogP contribution < -0.4 is 0 Å². The molecule has 2 N–H and O–H groups in total. The second-order valence-corrected chi connectivity index (χ2v) is 6.42. The summed E-state index contributed by atoms with van der Waals surface area (Å²) in [7, 11) is 1.47. The third-order valence-corrected chi connectivity index (χ3v) is 4.52. The zero-order valence-electron chi connectivity index (χ0n) is 14.2. The maximum Gasteiger partial charge on any atom is 0.416 e. The maximum absolute atomic E-state index is 12.9. The Labute approximate surface area is 148 Å². The predicted molar refractivity (Wildman–Crippen MR) is 86.6 cm³/mol. The van der Waals surface area contributed by atoms with Gasteiger partial charge < -0.3 is 20.0 Å². The average Bonchev–Trinajstić information content (AvgIpc) is 2.60. The normalized spacial score (nSPS) is 20.7. The van der Waals surface area contributed by atoms with E-state index in [1.54, 1.807) is 0 Å². The molecule has 0 saturated carbocycles. The highest BCUT2D eigenvalue weighted by Gasteiger charge is 2.37. The van der Waals surface area contributed by atoms with E-state index in [2.05, 4.69) is 0 Å². The Morgan fingerprint density at radius 2 is 2.00 bits per heavy atom. The summed E-state index contributed by atoms with van der Waals surface area (Å²) >= 11 is 0. The number of carboxylic acids is 1. The molecule has 1 heterocycles. The molecule has 2 atom stereocenters. The van der Waals surface area contributed by atoms with Crippen molar-refractivity contribution in [3.8, 4) is 0 Å². The number of carbonyl (C=O) groups is 2. The molecule has 2 amide bonds. The molecule has 1 fully saturated rings. The van der Waals surface area contributed by atoms with Gasteiger partial charge in [0.05, 0.1) is 18.1 Å². The lowest BCUT2D eigenvalue weighted by atomic mass is 9.84. The Morgan fingerprint density at radius 1 is 1.31 bits per heavy atom. The largest absolute Gasteiger partial charge is 0.481 e. The quantitative estimate of drug-likeness (QED) is 0.847. The molecule has 1 aliphatic rings. The Morgan fingerprint density at radius 3 is 2.58 bits per heavy atom. The number of alkyl halides is 3. The van der Waals surface area contributed by atoms with Gasteiger partial charge in [0.2, 0.25) is 0 Å². The van der Waals surface area contributed by atoms with Crippen molar-refractivity contribution < 1.29 is 33.0 Å². The highest BCUT2D eigenvalue weighted by molar-refractivity contribution is 5.76. The topological polar surface area (TPSA) is 81.1 Å². The van der Waals surface area contributed by atoms with E-state index in [4.69, 9.17) is 5.11 Å². The fourth-order valence-corrected chi connectivity index (χ4v) is 3.13. The van der Waals surface area contributed by atoms with Gasteiger partial charge in [-0.25, -0.2) is 4.79 Å². The standard InChI is InChI=1S/C17H21F3N2O4/c1-21(5-6-23)16(26)22-9-12(7-13(10-22)15(24)25)11-3-2-4-14(8-11)17(18,19)20/h2-4,8,12-13,23H,5-7,9-10H2,1H3,(H,24,25). The summed E-state index contributed by atoms with van der Waals surface area (Å²) in [5.41, 5.74) is -0.448. The molecule has 2 rings (SSSR count). The number of urea groups is 1. The van der Waals surface area contributed by atoms with Gasteiger partial charge in [0.25, 0.3) is 0 Å². The second kappa shape index (κ2) is 7.94. The molecule has 1 saturated heterocycles. The molecular formula is C17H21F3N2O4. The van der Waals surface area contributed by atoms with Crippen LogP contribution in [0.15, 0.2) is 24.3 Å². The fourth-order valence-electron chi connectivity index (χ4n) is 3.13. The van der Waals surface area contributed by atoms with Crippen molar-refractivity contribution >= 4 is 12.0 Å². The summed E-state index contributed by atoms with van der Waals surface area (Å²) in [5, 5.41) is 18.3. The molecular weight excluding hydrogens is 353 g/mol. The van der Waals surface area contributed by atoms with Crippen LogP contribution in [-0.4, -0.2) is 65.3 Å². The number of likely N-dealkylation sites (tertiary alicyclic amines) is 1. The first-order valence-corrected chi connectivity index (χ1v) is 8.14. The number of hydrogen-bond donors (Lipinski definition) is 2. The third-order valence-electron chi connectivity index (χ3n) is 4.52. The molecule has 0 bridgehead atoms. The molecule has 1 aromatic rings. The first-order valence-electron chi connectivity index (χ1n) is 8.14. The van der Waals surface area contributed by atoms with E-state index < -0.39 is 35.6 Å². The van der Waals surface area contributed by atoms with Gasteiger partial charge >= 0.3 is 18.2 Å². The van der Waals surface area contributed by atoms with Crippen molar-refractivity contribution in [2.75, 3.05) is 33.3 Å². The number of likely N-dealkylation sites (N-methyl/N-ethyl adjacent to an activating group) is 1. The highest BCUT2D eigenvalue weighted by atomic mass is 19.4. The Balaban J connectivity index is 2.27.